The Morgan fingerprint density at radius 2 is 1.83 bits per heavy atom. The van der Waals surface area contributed by atoms with Gasteiger partial charge in [0.25, 0.3) is 0 Å². The van der Waals surface area contributed by atoms with Crippen LogP contribution in [0, 0.1) is 11.6 Å². The molecule has 0 aliphatic heterocycles. The number of aromatic nitrogens is 2. The van der Waals surface area contributed by atoms with E-state index >= 15 is 0 Å². The van der Waals surface area contributed by atoms with Crippen LogP contribution < -0.4 is 0 Å². The summed E-state index contributed by atoms with van der Waals surface area (Å²) in [6, 6.07) is 4.98. The highest BCUT2D eigenvalue weighted by Crippen LogP contribution is 2.27. The van der Waals surface area contributed by atoms with Crippen LogP contribution in [0.5, 0.6) is 0 Å². The fraction of sp³-hybridized carbons (Fsp3) is 0.308. The van der Waals surface area contributed by atoms with Crippen LogP contribution in [0.2, 0.25) is 5.15 Å². The zero-order valence-corrected chi connectivity index (χ0v) is 11.1. The molecule has 0 spiro atoms. The molecule has 2 rings (SSSR count). The highest BCUT2D eigenvalue weighted by Gasteiger charge is 2.20. The Hall–Kier alpha value is -1.42. The molecule has 1 heterocycles. The lowest BCUT2D eigenvalue weighted by Gasteiger charge is -2.14. The van der Waals surface area contributed by atoms with Crippen molar-refractivity contribution in [2.24, 2.45) is 0 Å². The average Bonchev–Trinajstić information content (AvgIpc) is 2.60. The minimum absolute atomic E-state index is 0.136. The lowest BCUT2D eigenvalue weighted by atomic mass is 9.93. The van der Waals surface area contributed by atoms with E-state index in [2.05, 4.69) is 5.10 Å². The standard InChI is InChI=1S/C13H13ClF2N2/c1-13(2,3)11-7-12(14)18(17-11)10-5-4-8(15)6-9(10)16/h4-7H,1-3H3. The summed E-state index contributed by atoms with van der Waals surface area (Å²) in [4.78, 5) is 0. The molecular weight excluding hydrogens is 258 g/mol. The Morgan fingerprint density at radius 3 is 2.33 bits per heavy atom. The molecule has 1 aromatic heterocycles. The summed E-state index contributed by atoms with van der Waals surface area (Å²) in [5, 5.41) is 4.56. The Balaban J connectivity index is 2.55. The highest BCUT2D eigenvalue weighted by molar-refractivity contribution is 6.29. The summed E-state index contributed by atoms with van der Waals surface area (Å²) in [6.45, 7) is 5.95. The van der Waals surface area contributed by atoms with E-state index in [1.165, 1.54) is 16.8 Å². The van der Waals surface area contributed by atoms with Crippen molar-refractivity contribution in [3.05, 3.63) is 46.7 Å². The van der Waals surface area contributed by atoms with E-state index in [4.69, 9.17) is 11.6 Å². The molecule has 2 nitrogen and oxygen atoms in total. The van der Waals surface area contributed by atoms with Gasteiger partial charge in [-0.05, 0) is 18.2 Å². The molecule has 96 valence electrons. The second-order valence-electron chi connectivity index (χ2n) is 5.11. The van der Waals surface area contributed by atoms with Crippen LogP contribution in [0.4, 0.5) is 8.78 Å². The maximum atomic E-state index is 13.7. The summed E-state index contributed by atoms with van der Waals surface area (Å²) in [6.07, 6.45) is 0. The zero-order valence-electron chi connectivity index (χ0n) is 10.3. The minimum atomic E-state index is -0.694. The molecule has 0 saturated carbocycles. The summed E-state index contributed by atoms with van der Waals surface area (Å²) in [7, 11) is 0. The first-order chi connectivity index (χ1) is 8.29. The largest absolute Gasteiger partial charge is 0.219 e. The monoisotopic (exact) mass is 270 g/mol. The molecule has 2 aromatic rings. The van der Waals surface area contributed by atoms with Crippen LogP contribution in [0.3, 0.4) is 0 Å². The molecule has 0 amide bonds. The van der Waals surface area contributed by atoms with Crippen LogP contribution in [-0.4, -0.2) is 9.78 Å². The van der Waals surface area contributed by atoms with Crippen LogP contribution >= 0.6 is 11.6 Å². The van der Waals surface area contributed by atoms with Gasteiger partial charge in [0.05, 0.1) is 5.69 Å². The van der Waals surface area contributed by atoms with Gasteiger partial charge in [-0.15, -0.1) is 0 Å². The molecule has 0 bridgehead atoms. The third-order valence-electron chi connectivity index (χ3n) is 2.57. The van der Waals surface area contributed by atoms with Gasteiger partial charge in [-0.2, -0.15) is 5.10 Å². The van der Waals surface area contributed by atoms with Crippen molar-refractivity contribution in [3.8, 4) is 5.69 Å². The second kappa shape index (κ2) is 4.35. The van der Waals surface area contributed by atoms with E-state index in [0.717, 1.165) is 11.8 Å². The first kappa shape index (κ1) is 13.0. The zero-order chi connectivity index (χ0) is 13.5. The van der Waals surface area contributed by atoms with Gasteiger partial charge in [0.2, 0.25) is 0 Å². The quantitative estimate of drug-likeness (QED) is 0.763. The van der Waals surface area contributed by atoms with Crippen molar-refractivity contribution < 1.29 is 8.78 Å². The fourth-order valence-corrected chi connectivity index (χ4v) is 1.78. The van der Waals surface area contributed by atoms with Crippen LogP contribution in [0.25, 0.3) is 5.69 Å². The number of nitrogens with zero attached hydrogens (tertiary/aromatic N) is 2. The smallest absolute Gasteiger partial charge is 0.151 e. The number of benzene rings is 1. The lowest BCUT2D eigenvalue weighted by molar-refractivity contribution is 0.550. The van der Waals surface area contributed by atoms with Crippen molar-refractivity contribution in [2.75, 3.05) is 0 Å². The number of hydrogen-bond acceptors (Lipinski definition) is 1. The number of rotatable bonds is 1. The number of hydrogen-bond donors (Lipinski definition) is 0. The predicted molar refractivity (Wildman–Crippen MR) is 67.2 cm³/mol. The molecule has 0 saturated heterocycles. The van der Waals surface area contributed by atoms with Gasteiger partial charge in [-0.1, -0.05) is 32.4 Å². The summed E-state index contributed by atoms with van der Waals surface area (Å²) in [5.74, 6) is -1.32. The van der Waals surface area contributed by atoms with Crippen LogP contribution in [0.1, 0.15) is 26.5 Å². The summed E-state index contributed by atoms with van der Waals surface area (Å²) in [5.41, 5.74) is 0.693. The molecule has 0 aliphatic rings. The van der Waals surface area contributed by atoms with Gasteiger partial charge in [-0.25, -0.2) is 13.5 Å². The minimum Gasteiger partial charge on any atom is -0.219 e. The molecule has 0 fully saturated rings. The van der Waals surface area contributed by atoms with Gasteiger partial charge in [0, 0.05) is 11.5 Å². The predicted octanol–water partition coefficient (Wildman–Crippen LogP) is 4.10. The van der Waals surface area contributed by atoms with Crippen molar-refractivity contribution in [1.82, 2.24) is 9.78 Å². The van der Waals surface area contributed by atoms with E-state index < -0.39 is 11.6 Å². The number of halogens is 3. The molecule has 5 heteroatoms. The van der Waals surface area contributed by atoms with E-state index in [1.807, 2.05) is 20.8 Å². The Labute approximate surface area is 109 Å². The average molecular weight is 271 g/mol. The maximum Gasteiger partial charge on any atom is 0.151 e. The molecule has 0 atom stereocenters. The van der Waals surface area contributed by atoms with E-state index in [0.29, 0.717) is 5.15 Å². The van der Waals surface area contributed by atoms with Crippen molar-refractivity contribution in [3.63, 3.8) is 0 Å². The first-order valence-corrected chi connectivity index (χ1v) is 5.88. The van der Waals surface area contributed by atoms with E-state index in [9.17, 15) is 8.78 Å². The molecule has 0 N–H and O–H groups in total. The Morgan fingerprint density at radius 1 is 1.17 bits per heavy atom. The van der Waals surface area contributed by atoms with E-state index in [-0.39, 0.29) is 11.1 Å². The van der Waals surface area contributed by atoms with Crippen molar-refractivity contribution >= 4 is 11.6 Å². The van der Waals surface area contributed by atoms with Crippen molar-refractivity contribution in [1.29, 1.82) is 0 Å². The highest BCUT2D eigenvalue weighted by atomic mass is 35.5. The maximum absolute atomic E-state index is 13.7. The van der Waals surface area contributed by atoms with Crippen molar-refractivity contribution in [2.45, 2.75) is 26.2 Å². The molecule has 18 heavy (non-hydrogen) atoms. The second-order valence-corrected chi connectivity index (χ2v) is 5.50. The van der Waals surface area contributed by atoms with Gasteiger partial charge in [0.15, 0.2) is 5.82 Å². The van der Waals surface area contributed by atoms with Gasteiger partial charge in [-0.3, -0.25) is 0 Å². The Bertz CT molecular complexity index is 585. The van der Waals surface area contributed by atoms with Crippen LogP contribution in [0.15, 0.2) is 24.3 Å². The van der Waals surface area contributed by atoms with Gasteiger partial charge in [0.1, 0.15) is 16.7 Å². The topological polar surface area (TPSA) is 17.8 Å². The third-order valence-corrected chi connectivity index (χ3v) is 2.84. The molecule has 1 aromatic carbocycles. The van der Waals surface area contributed by atoms with Crippen LogP contribution in [-0.2, 0) is 5.41 Å². The Kier molecular flexibility index (Phi) is 3.15. The third kappa shape index (κ3) is 2.38. The van der Waals surface area contributed by atoms with Gasteiger partial charge >= 0.3 is 0 Å². The SMILES string of the molecule is CC(C)(C)c1cc(Cl)n(-c2ccc(F)cc2F)n1. The molecular formula is C13H13ClF2N2. The fourth-order valence-electron chi connectivity index (χ4n) is 1.55. The van der Waals surface area contributed by atoms with Gasteiger partial charge < -0.3 is 0 Å². The molecule has 0 unspecified atom stereocenters. The lowest BCUT2D eigenvalue weighted by Crippen LogP contribution is -2.12. The molecule has 0 aliphatic carbocycles. The molecule has 0 radical (unpaired) electrons. The first-order valence-electron chi connectivity index (χ1n) is 5.50. The summed E-state index contributed by atoms with van der Waals surface area (Å²) < 4.78 is 27.8. The summed E-state index contributed by atoms with van der Waals surface area (Å²) >= 11 is 6.04. The van der Waals surface area contributed by atoms with E-state index in [1.54, 1.807) is 6.07 Å². The normalized spacial score (nSPS) is 11.9.